The van der Waals surface area contributed by atoms with E-state index in [4.69, 9.17) is 14.2 Å². The molecule has 3 aromatic carbocycles. The summed E-state index contributed by atoms with van der Waals surface area (Å²) in [6, 6.07) is 15.6. The minimum Gasteiger partial charge on any atom is -0.507 e. The predicted molar refractivity (Wildman–Crippen MR) is 152 cm³/mol. The van der Waals surface area contributed by atoms with Gasteiger partial charge in [-0.15, -0.1) is 0 Å². The fourth-order valence-corrected chi connectivity index (χ4v) is 5.57. The highest BCUT2D eigenvalue weighted by molar-refractivity contribution is 7.22. The Morgan fingerprint density at radius 2 is 1.75 bits per heavy atom. The largest absolute Gasteiger partial charge is 0.507 e. The molecule has 2 N–H and O–H groups in total. The van der Waals surface area contributed by atoms with E-state index in [0.29, 0.717) is 41.4 Å². The van der Waals surface area contributed by atoms with Gasteiger partial charge in [-0.2, -0.15) is 0 Å². The van der Waals surface area contributed by atoms with Gasteiger partial charge >= 0.3 is 5.91 Å². The Bertz CT molecular complexity index is 1610. The van der Waals surface area contributed by atoms with Crippen molar-refractivity contribution in [1.29, 1.82) is 0 Å². The van der Waals surface area contributed by atoms with Crippen molar-refractivity contribution < 1.29 is 34.0 Å². The van der Waals surface area contributed by atoms with Gasteiger partial charge in [-0.05, 0) is 73.5 Å². The number of fused-ring (bicyclic) bond motifs is 1. The summed E-state index contributed by atoms with van der Waals surface area (Å²) >= 11 is 1.23. The van der Waals surface area contributed by atoms with E-state index < -0.39 is 17.7 Å². The lowest BCUT2D eigenvalue weighted by molar-refractivity contribution is -0.132. The first-order chi connectivity index (χ1) is 19.4. The van der Waals surface area contributed by atoms with Crippen LogP contribution in [0.2, 0.25) is 0 Å². The molecule has 5 rings (SSSR count). The van der Waals surface area contributed by atoms with Crippen molar-refractivity contribution >= 4 is 44.1 Å². The molecule has 4 aromatic rings. The van der Waals surface area contributed by atoms with Gasteiger partial charge in [0.25, 0.3) is 5.78 Å². The van der Waals surface area contributed by atoms with Gasteiger partial charge in [0.05, 0.1) is 42.2 Å². The summed E-state index contributed by atoms with van der Waals surface area (Å²) in [7, 11) is 1.40. The molecule has 1 fully saturated rings. The van der Waals surface area contributed by atoms with Crippen LogP contribution in [0.1, 0.15) is 37.4 Å². The number of thiazole rings is 1. The first-order valence-electron chi connectivity index (χ1n) is 12.8. The third-order valence-corrected chi connectivity index (χ3v) is 7.45. The number of methoxy groups -OCH3 is 1. The van der Waals surface area contributed by atoms with Gasteiger partial charge in [0.1, 0.15) is 17.3 Å². The van der Waals surface area contributed by atoms with E-state index in [1.165, 1.54) is 35.5 Å². The standard InChI is InChI=1S/C30H28N2O7S/c1-4-14-39-19-9-6-17(7-10-19)27(34)25-26(18-8-13-22(33)23(15-18)37-3)32(29(36)28(25)35)30-31-21-12-11-20(38-5-2)16-24(21)40-30/h6-13,15-16,26,33-34H,4-5,14H2,1-3H3. The van der Waals surface area contributed by atoms with Gasteiger partial charge in [0.15, 0.2) is 16.6 Å². The smallest absolute Gasteiger partial charge is 0.301 e. The van der Waals surface area contributed by atoms with E-state index in [0.717, 1.165) is 11.1 Å². The Hall–Kier alpha value is -4.57. The minimum atomic E-state index is -1.03. The number of phenolic OH excluding ortho intramolecular Hbond substituents is 1. The number of aromatic hydroxyl groups is 1. The summed E-state index contributed by atoms with van der Waals surface area (Å²) in [5.41, 5.74) is 1.33. The molecule has 206 valence electrons. The molecule has 1 unspecified atom stereocenters. The maximum absolute atomic E-state index is 13.5. The van der Waals surface area contributed by atoms with Crippen LogP contribution in [0, 0.1) is 0 Å². The highest BCUT2D eigenvalue weighted by atomic mass is 32.1. The van der Waals surface area contributed by atoms with Crippen molar-refractivity contribution in [1.82, 2.24) is 4.98 Å². The molecular formula is C30H28N2O7S. The van der Waals surface area contributed by atoms with Gasteiger partial charge in [0, 0.05) is 5.56 Å². The summed E-state index contributed by atoms with van der Waals surface area (Å²) < 4.78 is 17.3. The number of carbonyl (C=O) groups is 2. The van der Waals surface area contributed by atoms with Gasteiger partial charge in [-0.1, -0.05) is 24.3 Å². The number of ether oxygens (including phenoxy) is 3. The summed E-state index contributed by atoms with van der Waals surface area (Å²) in [5, 5.41) is 21.9. The van der Waals surface area contributed by atoms with E-state index in [1.54, 1.807) is 42.5 Å². The molecule has 1 atom stereocenters. The number of hydrogen-bond donors (Lipinski definition) is 2. The van der Waals surface area contributed by atoms with Crippen LogP contribution in [0.15, 0.2) is 66.2 Å². The van der Waals surface area contributed by atoms with E-state index in [1.807, 2.05) is 19.9 Å². The fourth-order valence-electron chi connectivity index (χ4n) is 4.55. The highest BCUT2D eigenvalue weighted by Gasteiger charge is 2.48. The van der Waals surface area contributed by atoms with Crippen LogP contribution in [-0.2, 0) is 9.59 Å². The molecule has 40 heavy (non-hydrogen) atoms. The molecule has 1 aliphatic rings. The van der Waals surface area contributed by atoms with Crippen molar-refractivity contribution in [2.45, 2.75) is 26.3 Å². The van der Waals surface area contributed by atoms with Gasteiger partial charge in [-0.25, -0.2) is 4.98 Å². The topological polar surface area (TPSA) is 118 Å². The maximum atomic E-state index is 13.5. The number of anilines is 1. The summed E-state index contributed by atoms with van der Waals surface area (Å²) in [5.74, 6) is -0.668. The number of rotatable bonds is 9. The molecule has 1 aliphatic heterocycles. The molecule has 9 nitrogen and oxygen atoms in total. The molecule has 2 heterocycles. The zero-order valence-electron chi connectivity index (χ0n) is 22.2. The SMILES string of the molecule is CCCOc1ccc(C(O)=C2C(=O)C(=O)N(c3nc4ccc(OCC)cc4s3)C2c2ccc(O)c(OC)c2)cc1. The fraction of sp³-hybridized carbons (Fsp3) is 0.233. The predicted octanol–water partition coefficient (Wildman–Crippen LogP) is 5.82. The van der Waals surface area contributed by atoms with Crippen molar-refractivity contribution in [3.63, 3.8) is 0 Å². The number of aromatic nitrogens is 1. The number of ketones is 1. The summed E-state index contributed by atoms with van der Waals surface area (Å²) in [6.07, 6.45) is 0.847. The zero-order chi connectivity index (χ0) is 28.4. The summed E-state index contributed by atoms with van der Waals surface area (Å²) in [4.78, 5) is 33.0. The minimum absolute atomic E-state index is 0.102. The van der Waals surface area contributed by atoms with Crippen LogP contribution in [-0.4, -0.2) is 47.2 Å². The van der Waals surface area contributed by atoms with Crippen LogP contribution in [0.5, 0.6) is 23.0 Å². The van der Waals surface area contributed by atoms with Crippen molar-refractivity contribution in [3.8, 4) is 23.0 Å². The number of nitrogens with zero attached hydrogens (tertiary/aromatic N) is 2. The normalized spacial score (nSPS) is 16.5. The van der Waals surface area contributed by atoms with Crippen molar-refractivity contribution in [2.24, 2.45) is 0 Å². The molecule has 10 heteroatoms. The second-order valence-electron chi connectivity index (χ2n) is 9.03. The lowest BCUT2D eigenvalue weighted by Gasteiger charge is -2.23. The Morgan fingerprint density at radius 3 is 2.45 bits per heavy atom. The van der Waals surface area contributed by atoms with E-state index in [-0.39, 0.29) is 28.0 Å². The zero-order valence-corrected chi connectivity index (χ0v) is 23.0. The Labute approximate surface area is 234 Å². The average Bonchev–Trinajstić information content (AvgIpc) is 3.49. The first-order valence-corrected chi connectivity index (χ1v) is 13.6. The Morgan fingerprint density at radius 1 is 1.00 bits per heavy atom. The lowest BCUT2D eigenvalue weighted by atomic mass is 9.95. The third-order valence-electron chi connectivity index (χ3n) is 6.43. The first kappa shape index (κ1) is 27.0. The Kier molecular flexibility index (Phi) is 7.61. The number of aliphatic hydroxyl groups excluding tert-OH is 1. The molecule has 0 aliphatic carbocycles. The molecule has 1 amide bonds. The van der Waals surface area contributed by atoms with E-state index >= 15 is 0 Å². The number of carbonyl (C=O) groups excluding carboxylic acids is 2. The number of aliphatic hydroxyl groups is 1. The molecule has 0 bridgehead atoms. The number of hydrogen-bond acceptors (Lipinski definition) is 9. The van der Waals surface area contributed by atoms with Gasteiger partial charge in [-0.3, -0.25) is 14.5 Å². The molecule has 1 aromatic heterocycles. The lowest BCUT2D eigenvalue weighted by Crippen LogP contribution is -2.29. The van der Waals surface area contributed by atoms with E-state index in [9.17, 15) is 19.8 Å². The average molecular weight is 561 g/mol. The van der Waals surface area contributed by atoms with Crippen LogP contribution in [0.25, 0.3) is 16.0 Å². The quantitative estimate of drug-likeness (QED) is 0.149. The second-order valence-corrected chi connectivity index (χ2v) is 10.0. The number of phenols is 1. The molecule has 0 spiro atoms. The van der Waals surface area contributed by atoms with Gasteiger partial charge in [0.2, 0.25) is 0 Å². The highest BCUT2D eigenvalue weighted by Crippen LogP contribution is 2.46. The van der Waals surface area contributed by atoms with Crippen LogP contribution in [0.4, 0.5) is 5.13 Å². The monoisotopic (exact) mass is 560 g/mol. The van der Waals surface area contributed by atoms with E-state index in [2.05, 4.69) is 4.98 Å². The molecular weight excluding hydrogens is 532 g/mol. The molecule has 1 saturated heterocycles. The second kappa shape index (κ2) is 11.3. The maximum Gasteiger partial charge on any atom is 0.301 e. The number of Topliss-reactive ketones (excluding diaryl/α,β-unsaturated/α-hetero) is 1. The van der Waals surface area contributed by atoms with Crippen LogP contribution in [0.3, 0.4) is 0 Å². The third kappa shape index (κ3) is 4.93. The van der Waals surface area contributed by atoms with Crippen LogP contribution >= 0.6 is 11.3 Å². The molecule has 0 saturated carbocycles. The van der Waals surface area contributed by atoms with Crippen LogP contribution < -0.4 is 19.1 Å². The number of benzene rings is 3. The Balaban J connectivity index is 1.66. The molecule has 0 radical (unpaired) electrons. The number of amides is 1. The van der Waals surface area contributed by atoms with Gasteiger partial charge < -0.3 is 24.4 Å². The van der Waals surface area contributed by atoms with Crippen molar-refractivity contribution in [3.05, 3.63) is 77.4 Å². The van der Waals surface area contributed by atoms with Crippen molar-refractivity contribution in [2.75, 3.05) is 25.2 Å². The summed E-state index contributed by atoms with van der Waals surface area (Å²) in [6.45, 7) is 4.94.